The van der Waals surface area contributed by atoms with Gasteiger partial charge in [-0.2, -0.15) is 4.98 Å². The molecule has 0 aliphatic carbocycles. The van der Waals surface area contributed by atoms with Crippen molar-refractivity contribution in [2.75, 3.05) is 18.5 Å². The summed E-state index contributed by atoms with van der Waals surface area (Å²) in [5.74, 6) is -1.47. The third kappa shape index (κ3) is 6.01. The van der Waals surface area contributed by atoms with Crippen molar-refractivity contribution in [3.05, 3.63) is 22.7 Å². The van der Waals surface area contributed by atoms with Crippen LogP contribution in [0.1, 0.15) is 40.3 Å². The van der Waals surface area contributed by atoms with Crippen molar-refractivity contribution in [3.8, 4) is 0 Å². The topological polar surface area (TPSA) is 135 Å². The van der Waals surface area contributed by atoms with E-state index in [-0.39, 0.29) is 6.61 Å². The number of rotatable bonds is 8. The van der Waals surface area contributed by atoms with E-state index in [0.29, 0.717) is 12.4 Å². The molecule has 2 heterocycles. The van der Waals surface area contributed by atoms with E-state index in [4.69, 9.17) is 18.9 Å². The van der Waals surface area contributed by atoms with Crippen molar-refractivity contribution in [1.82, 2.24) is 9.55 Å². The number of hydrogen-bond donors (Lipinski definition) is 1. The summed E-state index contributed by atoms with van der Waals surface area (Å²) < 4.78 is 22.4. The molecule has 11 heteroatoms. The van der Waals surface area contributed by atoms with E-state index in [1.54, 1.807) is 6.07 Å². The van der Waals surface area contributed by atoms with Crippen LogP contribution in [0.3, 0.4) is 0 Å². The lowest BCUT2D eigenvalue weighted by Gasteiger charge is -2.23. The number of esters is 3. The number of ether oxygens (including phenoxy) is 4. The summed E-state index contributed by atoms with van der Waals surface area (Å²) in [5, 5.41) is 3.00. The molecule has 4 atom stereocenters. The normalized spacial score (nSPS) is 23.3. The van der Waals surface area contributed by atoms with Gasteiger partial charge in [0.1, 0.15) is 18.5 Å². The zero-order valence-corrected chi connectivity index (χ0v) is 16.7. The number of hydrogen-bond acceptors (Lipinski definition) is 10. The highest BCUT2D eigenvalue weighted by molar-refractivity contribution is 5.68. The van der Waals surface area contributed by atoms with Crippen molar-refractivity contribution in [2.45, 2.75) is 58.7 Å². The molecule has 1 N–H and O–H groups in total. The van der Waals surface area contributed by atoms with Gasteiger partial charge in [-0.05, 0) is 12.5 Å². The van der Waals surface area contributed by atoms with Gasteiger partial charge in [0, 0.05) is 33.5 Å². The molecule has 1 aliphatic rings. The molecule has 0 saturated carbocycles. The van der Waals surface area contributed by atoms with E-state index in [0.717, 1.165) is 11.0 Å². The number of aromatic nitrogens is 2. The zero-order valence-electron chi connectivity index (χ0n) is 16.7. The van der Waals surface area contributed by atoms with Crippen LogP contribution in [0.5, 0.6) is 0 Å². The number of anilines is 1. The predicted octanol–water partition coefficient (Wildman–Crippen LogP) is 0.389. The van der Waals surface area contributed by atoms with Crippen LogP contribution in [0, 0.1) is 0 Å². The van der Waals surface area contributed by atoms with Gasteiger partial charge in [0.25, 0.3) is 0 Å². The highest BCUT2D eigenvalue weighted by Crippen LogP contribution is 2.33. The molecule has 0 spiro atoms. The molecule has 0 unspecified atom stereocenters. The van der Waals surface area contributed by atoms with E-state index >= 15 is 0 Å². The molecular weight excluding hydrogens is 386 g/mol. The largest absolute Gasteiger partial charge is 0.463 e. The molecule has 0 radical (unpaired) electrons. The lowest BCUT2D eigenvalue weighted by molar-refractivity contribution is -0.166. The quantitative estimate of drug-likeness (QED) is 0.473. The van der Waals surface area contributed by atoms with Gasteiger partial charge in [0.2, 0.25) is 0 Å². The van der Waals surface area contributed by atoms with Crippen LogP contribution in [0.25, 0.3) is 0 Å². The maximum Gasteiger partial charge on any atom is 0.351 e. The van der Waals surface area contributed by atoms with Gasteiger partial charge in [-0.1, -0.05) is 6.92 Å². The van der Waals surface area contributed by atoms with Gasteiger partial charge in [-0.3, -0.25) is 19.0 Å². The Balaban J connectivity index is 2.36. The van der Waals surface area contributed by atoms with Crippen molar-refractivity contribution in [3.63, 3.8) is 0 Å². The maximum absolute atomic E-state index is 12.5. The molecule has 1 aromatic rings. The number of nitrogens with zero attached hydrogens (tertiary/aromatic N) is 2. The van der Waals surface area contributed by atoms with E-state index in [1.807, 2.05) is 6.92 Å². The molecule has 1 aliphatic heterocycles. The molecule has 11 nitrogen and oxygen atoms in total. The molecule has 1 fully saturated rings. The molecule has 29 heavy (non-hydrogen) atoms. The van der Waals surface area contributed by atoms with E-state index < -0.39 is 48.1 Å². The van der Waals surface area contributed by atoms with Crippen LogP contribution in [0.15, 0.2) is 17.1 Å². The Labute approximate surface area is 167 Å². The first-order valence-electron chi connectivity index (χ1n) is 9.19. The molecular formula is C18H25N3O8. The van der Waals surface area contributed by atoms with Crippen LogP contribution in [-0.4, -0.2) is 58.9 Å². The SMILES string of the molecule is CCCNc1ccn([C@@H]2O[C@H](COC(C)=O)[C@@H](OC(C)=O)[C@H]2OC(C)=O)c(=O)n1. The molecule has 2 rings (SSSR count). The predicted molar refractivity (Wildman–Crippen MR) is 98.9 cm³/mol. The molecule has 0 bridgehead atoms. The molecule has 160 valence electrons. The lowest BCUT2D eigenvalue weighted by atomic mass is 10.1. The van der Waals surface area contributed by atoms with E-state index in [1.165, 1.54) is 27.0 Å². The average Bonchev–Trinajstić information content (AvgIpc) is 2.94. The first-order chi connectivity index (χ1) is 13.7. The van der Waals surface area contributed by atoms with Crippen LogP contribution in [0.2, 0.25) is 0 Å². The van der Waals surface area contributed by atoms with E-state index in [2.05, 4.69) is 10.3 Å². The maximum atomic E-state index is 12.5. The summed E-state index contributed by atoms with van der Waals surface area (Å²) in [4.78, 5) is 50.8. The Kier molecular flexibility index (Phi) is 7.71. The number of carbonyl (C=O) groups is 3. The van der Waals surface area contributed by atoms with E-state index in [9.17, 15) is 19.2 Å². The second-order valence-electron chi connectivity index (χ2n) is 6.45. The fraction of sp³-hybridized carbons (Fsp3) is 0.611. The van der Waals surface area contributed by atoms with Crippen LogP contribution < -0.4 is 11.0 Å². The van der Waals surface area contributed by atoms with Gasteiger partial charge in [0.05, 0.1) is 0 Å². The van der Waals surface area contributed by atoms with Crippen molar-refractivity contribution >= 4 is 23.7 Å². The third-order valence-corrected chi connectivity index (χ3v) is 4.00. The van der Waals surface area contributed by atoms with Crippen molar-refractivity contribution in [1.29, 1.82) is 0 Å². The average molecular weight is 411 g/mol. The summed E-state index contributed by atoms with van der Waals surface area (Å²) in [6.07, 6.45) is -1.98. The molecule has 0 aromatic carbocycles. The molecule has 1 saturated heterocycles. The van der Waals surface area contributed by atoms with Gasteiger partial charge in [-0.15, -0.1) is 0 Å². The smallest absolute Gasteiger partial charge is 0.351 e. The van der Waals surface area contributed by atoms with Crippen LogP contribution in [0.4, 0.5) is 5.82 Å². The van der Waals surface area contributed by atoms with Crippen molar-refractivity contribution < 1.29 is 33.3 Å². The van der Waals surface area contributed by atoms with Gasteiger partial charge in [-0.25, -0.2) is 4.79 Å². The summed E-state index contributed by atoms with van der Waals surface area (Å²) in [6, 6.07) is 1.57. The second-order valence-corrected chi connectivity index (χ2v) is 6.45. The third-order valence-electron chi connectivity index (χ3n) is 4.00. The first kappa shape index (κ1) is 22.3. The Hall–Kier alpha value is -2.95. The van der Waals surface area contributed by atoms with Gasteiger partial charge < -0.3 is 24.3 Å². The monoisotopic (exact) mass is 411 g/mol. The van der Waals surface area contributed by atoms with Gasteiger partial charge in [0.15, 0.2) is 18.4 Å². The van der Waals surface area contributed by atoms with Gasteiger partial charge >= 0.3 is 23.6 Å². The molecule has 1 aromatic heterocycles. The second kappa shape index (κ2) is 10.0. The fourth-order valence-corrected chi connectivity index (χ4v) is 2.87. The minimum absolute atomic E-state index is 0.250. The highest BCUT2D eigenvalue weighted by Gasteiger charge is 2.50. The Morgan fingerprint density at radius 2 is 1.79 bits per heavy atom. The summed E-state index contributed by atoms with van der Waals surface area (Å²) in [6.45, 7) is 5.95. The minimum Gasteiger partial charge on any atom is -0.463 e. The number of carbonyl (C=O) groups excluding carboxylic acids is 3. The van der Waals surface area contributed by atoms with Crippen LogP contribution >= 0.6 is 0 Å². The summed E-state index contributed by atoms with van der Waals surface area (Å²) in [7, 11) is 0. The highest BCUT2D eigenvalue weighted by atomic mass is 16.7. The first-order valence-corrected chi connectivity index (χ1v) is 9.19. The number of nitrogens with one attached hydrogen (secondary N) is 1. The fourth-order valence-electron chi connectivity index (χ4n) is 2.87. The Morgan fingerprint density at radius 1 is 1.14 bits per heavy atom. The lowest BCUT2D eigenvalue weighted by Crippen LogP contribution is -2.41. The molecule has 0 amide bonds. The summed E-state index contributed by atoms with van der Waals surface area (Å²) >= 11 is 0. The standard InChI is InChI=1S/C18H25N3O8/c1-5-7-19-14-6-8-21(18(25)20-14)17-16(28-12(4)24)15(27-11(3)23)13(29-17)9-26-10(2)22/h6,8,13,15-17H,5,7,9H2,1-4H3,(H,19,20,25)/t13-,15-,16-,17-/m1/s1. The zero-order chi connectivity index (χ0) is 21.6. The van der Waals surface area contributed by atoms with Crippen molar-refractivity contribution in [2.24, 2.45) is 0 Å². The summed E-state index contributed by atoms with van der Waals surface area (Å²) in [5.41, 5.74) is -0.650. The minimum atomic E-state index is -1.13. The Bertz CT molecular complexity index is 809. The van der Waals surface area contributed by atoms with Crippen LogP contribution in [-0.2, 0) is 33.3 Å². The Morgan fingerprint density at radius 3 is 2.34 bits per heavy atom.